The lowest BCUT2D eigenvalue weighted by atomic mass is 9.94. The van der Waals surface area contributed by atoms with Crippen LogP contribution in [0.4, 0.5) is 0 Å². The van der Waals surface area contributed by atoms with Crippen LogP contribution < -0.4 is 5.32 Å². The van der Waals surface area contributed by atoms with Crippen LogP contribution in [0, 0.1) is 5.92 Å². The van der Waals surface area contributed by atoms with E-state index in [9.17, 15) is 4.79 Å². The fraction of sp³-hybridized carbons (Fsp3) is 0.552. The lowest BCUT2D eigenvalue weighted by Gasteiger charge is -2.37. The first-order valence-corrected chi connectivity index (χ1v) is 14.0. The second-order valence-corrected chi connectivity index (χ2v) is 10.7. The number of likely N-dealkylation sites (tertiary alicyclic amines) is 1. The Balaban J connectivity index is 1.08. The summed E-state index contributed by atoms with van der Waals surface area (Å²) >= 11 is 0. The van der Waals surface area contributed by atoms with E-state index in [1.54, 1.807) is 29.7 Å². The van der Waals surface area contributed by atoms with E-state index in [1.165, 1.54) is 70.0 Å². The summed E-state index contributed by atoms with van der Waals surface area (Å²) in [5, 5.41) is 3.67. The van der Waals surface area contributed by atoms with Crippen molar-refractivity contribution in [3.63, 3.8) is 0 Å². The molecule has 1 aliphatic carbocycles. The molecule has 0 unspecified atom stereocenters. The highest BCUT2D eigenvalue weighted by molar-refractivity contribution is 5.94. The average molecular weight is 504 g/mol. The minimum absolute atomic E-state index is 0.0345. The second kappa shape index (κ2) is 13.0. The predicted octanol–water partition coefficient (Wildman–Crippen LogP) is 4.50. The van der Waals surface area contributed by atoms with E-state index >= 15 is 0 Å². The van der Waals surface area contributed by atoms with Gasteiger partial charge in [0.25, 0.3) is 5.91 Å². The molecule has 0 radical (unpaired) electrons. The van der Waals surface area contributed by atoms with Gasteiger partial charge in [0.2, 0.25) is 0 Å². The van der Waals surface area contributed by atoms with Crippen molar-refractivity contribution < 1.29 is 4.79 Å². The number of imidazole rings is 2. The highest BCUT2D eigenvalue weighted by Gasteiger charge is 2.25. The van der Waals surface area contributed by atoms with Crippen molar-refractivity contribution in [2.75, 3.05) is 19.6 Å². The van der Waals surface area contributed by atoms with Gasteiger partial charge in [-0.2, -0.15) is 0 Å². The van der Waals surface area contributed by atoms with E-state index < -0.39 is 0 Å². The minimum Gasteiger partial charge on any atom is -0.347 e. The Morgan fingerprint density at radius 3 is 2.08 bits per heavy atom. The Morgan fingerprint density at radius 2 is 1.51 bits per heavy atom. The number of aromatic amines is 2. The fourth-order valence-corrected chi connectivity index (χ4v) is 5.84. The van der Waals surface area contributed by atoms with Crippen molar-refractivity contribution in [2.24, 2.45) is 5.92 Å². The number of hydrogen-bond donors (Lipinski definition) is 3. The van der Waals surface area contributed by atoms with Crippen molar-refractivity contribution >= 4 is 5.91 Å². The molecule has 1 amide bonds. The zero-order valence-corrected chi connectivity index (χ0v) is 21.9. The summed E-state index contributed by atoms with van der Waals surface area (Å²) in [7, 11) is 0. The topological polar surface area (TPSA) is 92.9 Å². The van der Waals surface area contributed by atoms with E-state index in [4.69, 9.17) is 0 Å². The van der Waals surface area contributed by atoms with Gasteiger partial charge in [0, 0.05) is 42.9 Å². The van der Waals surface area contributed by atoms with Crippen molar-refractivity contribution in [1.82, 2.24) is 35.1 Å². The standard InChI is InChI=1S/C29H41N7O/c37-29(36(21-27-31-13-14-32-27)22-28-33-15-16-34-28)25-9-7-23(8-10-25)19-30-20-24-11-17-35(18-12-24)26-5-3-1-2-4-6-26/h7-10,13-16,24,26,30H,1-6,11-12,17-22H2,(H,31,32)(H,33,34). The van der Waals surface area contributed by atoms with Crippen molar-refractivity contribution in [1.29, 1.82) is 0 Å². The first kappa shape index (κ1) is 25.7. The van der Waals surface area contributed by atoms with Gasteiger partial charge < -0.3 is 25.1 Å². The smallest absolute Gasteiger partial charge is 0.254 e. The fourth-order valence-electron chi connectivity index (χ4n) is 5.84. The maximum absolute atomic E-state index is 13.3. The SMILES string of the molecule is O=C(c1ccc(CNCC2CCN(C3CCCCCC3)CC2)cc1)N(Cc1ncc[nH]1)Cc1ncc[nH]1. The maximum atomic E-state index is 13.3. The molecule has 8 nitrogen and oxygen atoms in total. The monoisotopic (exact) mass is 503 g/mol. The first-order valence-electron chi connectivity index (χ1n) is 14.0. The summed E-state index contributed by atoms with van der Waals surface area (Å²) < 4.78 is 0. The number of H-pyrrole nitrogens is 2. The molecular weight excluding hydrogens is 462 g/mol. The van der Waals surface area contributed by atoms with E-state index in [0.717, 1.165) is 36.7 Å². The van der Waals surface area contributed by atoms with Crippen LogP contribution in [0.2, 0.25) is 0 Å². The summed E-state index contributed by atoms with van der Waals surface area (Å²) in [6.07, 6.45) is 18.1. The normalized spacial score (nSPS) is 18.1. The van der Waals surface area contributed by atoms with Crippen LogP contribution in [0.25, 0.3) is 0 Å². The molecule has 8 heteroatoms. The summed E-state index contributed by atoms with van der Waals surface area (Å²) in [5.74, 6) is 2.23. The molecule has 3 N–H and O–H groups in total. The number of amides is 1. The highest BCUT2D eigenvalue weighted by Crippen LogP contribution is 2.26. The third-order valence-electron chi connectivity index (χ3n) is 8.03. The van der Waals surface area contributed by atoms with Crippen LogP contribution in [-0.4, -0.2) is 61.3 Å². The number of hydrogen-bond acceptors (Lipinski definition) is 5. The van der Waals surface area contributed by atoms with Crippen LogP contribution >= 0.6 is 0 Å². The van der Waals surface area contributed by atoms with Gasteiger partial charge in [-0.25, -0.2) is 9.97 Å². The molecule has 0 spiro atoms. The summed E-state index contributed by atoms with van der Waals surface area (Å²) in [4.78, 5) is 32.6. The third kappa shape index (κ3) is 7.29. The van der Waals surface area contributed by atoms with Crippen LogP contribution in [0.1, 0.15) is 78.9 Å². The van der Waals surface area contributed by atoms with Gasteiger partial charge in [-0.1, -0.05) is 37.8 Å². The van der Waals surface area contributed by atoms with Crippen LogP contribution in [-0.2, 0) is 19.6 Å². The summed E-state index contributed by atoms with van der Waals surface area (Å²) in [6.45, 7) is 5.23. The number of nitrogens with zero attached hydrogens (tertiary/aromatic N) is 4. The lowest BCUT2D eigenvalue weighted by Crippen LogP contribution is -2.43. The van der Waals surface area contributed by atoms with E-state index in [0.29, 0.717) is 18.7 Å². The minimum atomic E-state index is -0.0345. The van der Waals surface area contributed by atoms with Gasteiger partial charge in [-0.3, -0.25) is 4.79 Å². The van der Waals surface area contributed by atoms with Crippen LogP contribution in [0.5, 0.6) is 0 Å². The number of aromatic nitrogens is 4. The van der Waals surface area contributed by atoms with Crippen molar-refractivity contribution in [2.45, 2.75) is 77.0 Å². The van der Waals surface area contributed by atoms with Gasteiger partial charge in [-0.15, -0.1) is 0 Å². The first-order chi connectivity index (χ1) is 18.2. The number of benzene rings is 1. The molecule has 37 heavy (non-hydrogen) atoms. The average Bonchev–Trinajstić information content (AvgIpc) is 3.58. The van der Waals surface area contributed by atoms with E-state index in [2.05, 4.69) is 42.3 Å². The van der Waals surface area contributed by atoms with Crippen molar-refractivity contribution in [3.05, 3.63) is 71.8 Å². The maximum Gasteiger partial charge on any atom is 0.254 e. The summed E-state index contributed by atoms with van der Waals surface area (Å²) in [6, 6.07) is 8.83. The van der Waals surface area contributed by atoms with E-state index in [1.807, 2.05) is 12.1 Å². The van der Waals surface area contributed by atoms with E-state index in [-0.39, 0.29) is 5.91 Å². The zero-order chi connectivity index (χ0) is 25.3. The van der Waals surface area contributed by atoms with Gasteiger partial charge in [0.1, 0.15) is 11.6 Å². The molecule has 2 aliphatic rings. The second-order valence-electron chi connectivity index (χ2n) is 10.7. The molecule has 1 saturated carbocycles. The molecule has 0 atom stereocenters. The van der Waals surface area contributed by atoms with Gasteiger partial charge in [-0.05, 0) is 68.9 Å². The number of carbonyl (C=O) groups is 1. The Labute approximate surface area is 220 Å². The quantitative estimate of drug-likeness (QED) is 0.354. The van der Waals surface area contributed by atoms with Crippen LogP contribution in [0.15, 0.2) is 49.1 Å². The molecule has 3 aromatic rings. The Bertz CT molecular complexity index is 1010. The molecular formula is C29H41N7O. The molecule has 1 aliphatic heterocycles. The highest BCUT2D eigenvalue weighted by atomic mass is 16.2. The molecule has 1 aromatic carbocycles. The molecule has 198 valence electrons. The predicted molar refractivity (Wildman–Crippen MR) is 145 cm³/mol. The zero-order valence-electron chi connectivity index (χ0n) is 21.9. The van der Waals surface area contributed by atoms with Gasteiger partial charge in [0.05, 0.1) is 13.1 Å². The van der Waals surface area contributed by atoms with Gasteiger partial charge in [0.15, 0.2) is 0 Å². The number of nitrogens with one attached hydrogen (secondary N) is 3. The number of rotatable bonds is 10. The Kier molecular flexibility index (Phi) is 9.03. The molecule has 2 aromatic heterocycles. The Morgan fingerprint density at radius 1 is 0.892 bits per heavy atom. The van der Waals surface area contributed by atoms with Crippen LogP contribution in [0.3, 0.4) is 0 Å². The van der Waals surface area contributed by atoms with Gasteiger partial charge >= 0.3 is 0 Å². The Hall–Kier alpha value is -2.97. The molecule has 3 heterocycles. The molecule has 1 saturated heterocycles. The largest absolute Gasteiger partial charge is 0.347 e. The third-order valence-corrected chi connectivity index (χ3v) is 8.03. The molecule has 2 fully saturated rings. The van der Waals surface area contributed by atoms with Crippen molar-refractivity contribution in [3.8, 4) is 0 Å². The number of carbonyl (C=O) groups excluding carboxylic acids is 1. The number of piperidine rings is 1. The molecule has 0 bridgehead atoms. The molecule has 5 rings (SSSR count). The lowest BCUT2D eigenvalue weighted by molar-refractivity contribution is 0.0721. The summed E-state index contributed by atoms with van der Waals surface area (Å²) in [5.41, 5.74) is 1.88.